The third-order valence-electron chi connectivity index (χ3n) is 6.54. The van der Waals surface area contributed by atoms with Crippen LogP contribution in [0.15, 0.2) is 59.8 Å². The first kappa shape index (κ1) is 22.8. The van der Waals surface area contributed by atoms with E-state index < -0.39 is 0 Å². The van der Waals surface area contributed by atoms with Crippen molar-refractivity contribution in [2.75, 3.05) is 5.75 Å². The van der Waals surface area contributed by atoms with Crippen molar-refractivity contribution in [2.24, 2.45) is 0 Å². The lowest BCUT2D eigenvalue weighted by molar-refractivity contribution is -0.122. The van der Waals surface area contributed by atoms with Gasteiger partial charge in [-0.1, -0.05) is 79.6 Å². The second-order valence-electron chi connectivity index (χ2n) is 9.06. The van der Waals surface area contributed by atoms with Gasteiger partial charge in [-0.3, -0.25) is 4.79 Å². The van der Waals surface area contributed by atoms with Crippen molar-refractivity contribution in [2.45, 2.75) is 69.1 Å². The van der Waals surface area contributed by atoms with E-state index in [0.29, 0.717) is 17.6 Å². The van der Waals surface area contributed by atoms with E-state index in [1.165, 1.54) is 24.8 Å². The predicted octanol–water partition coefficient (Wildman–Crippen LogP) is 5.74. The average molecular weight is 474 g/mol. The number of unbranched alkanes of at least 4 members (excludes halogenated alkanes) is 1. The molecule has 7 heteroatoms. The van der Waals surface area contributed by atoms with Crippen molar-refractivity contribution in [3.8, 4) is 0 Å². The topological polar surface area (TPSA) is 72.7 Å². The maximum Gasteiger partial charge on any atom is 0.220 e. The lowest BCUT2D eigenvalue weighted by Gasteiger charge is -2.22. The number of hydrogen-bond acceptors (Lipinski definition) is 5. The maximum absolute atomic E-state index is 12.2. The van der Waals surface area contributed by atoms with Gasteiger partial charge >= 0.3 is 0 Å². The number of nitrogens with one attached hydrogen (secondary N) is 1. The molecule has 1 N–H and O–H groups in total. The Bertz CT molecular complexity index is 1250. The molecule has 0 spiro atoms. The van der Waals surface area contributed by atoms with E-state index in [9.17, 15) is 4.79 Å². The van der Waals surface area contributed by atoms with Crippen LogP contribution >= 0.6 is 11.8 Å². The Kier molecular flexibility index (Phi) is 7.39. The van der Waals surface area contributed by atoms with Gasteiger partial charge in [-0.2, -0.15) is 0 Å². The summed E-state index contributed by atoms with van der Waals surface area (Å²) in [6, 6.07) is 19.1. The molecule has 1 fully saturated rings. The van der Waals surface area contributed by atoms with E-state index in [1.807, 2.05) is 12.1 Å². The number of rotatable bonds is 9. The molecule has 1 aliphatic rings. The Hall–Kier alpha value is -2.93. The van der Waals surface area contributed by atoms with Crippen LogP contribution in [0.4, 0.5) is 0 Å². The fourth-order valence-electron chi connectivity index (χ4n) is 4.77. The molecule has 34 heavy (non-hydrogen) atoms. The Morgan fingerprint density at radius 3 is 2.62 bits per heavy atom. The lowest BCUT2D eigenvalue weighted by Crippen LogP contribution is -2.35. The number of amides is 1. The molecule has 2 aromatic carbocycles. The number of benzene rings is 2. The highest BCUT2D eigenvalue weighted by Gasteiger charge is 2.16. The first-order valence-electron chi connectivity index (χ1n) is 12.4. The van der Waals surface area contributed by atoms with E-state index in [-0.39, 0.29) is 5.91 Å². The van der Waals surface area contributed by atoms with Gasteiger partial charge in [0, 0.05) is 30.1 Å². The smallest absolute Gasteiger partial charge is 0.220 e. The summed E-state index contributed by atoms with van der Waals surface area (Å²) in [6.45, 7) is 0.740. The monoisotopic (exact) mass is 473 g/mol. The number of aromatic nitrogens is 4. The molecule has 2 aromatic heterocycles. The van der Waals surface area contributed by atoms with E-state index in [4.69, 9.17) is 4.98 Å². The molecule has 1 amide bonds. The molecule has 0 bridgehead atoms. The fourth-order valence-corrected chi connectivity index (χ4v) is 5.55. The van der Waals surface area contributed by atoms with Gasteiger partial charge in [0.05, 0.1) is 5.52 Å². The van der Waals surface area contributed by atoms with Gasteiger partial charge in [0.2, 0.25) is 11.1 Å². The van der Waals surface area contributed by atoms with Crippen LogP contribution in [0, 0.1) is 0 Å². The number of para-hydroxylation sites is 1. The first-order valence-corrected chi connectivity index (χ1v) is 13.3. The van der Waals surface area contributed by atoms with Crippen LogP contribution in [-0.2, 0) is 11.3 Å². The van der Waals surface area contributed by atoms with Crippen molar-refractivity contribution in [1.29, 1.82) is 0 Å². The number of thioether (sulfide) groups is 1. The number of hydrogen-bond donors (Lipinski definition) is 1. The highest BCUT2D eigenvalue weighted by atomic mass is 32.2. The summed E-state index contributed by atoms with van der Waals surface area (Å²) < 4.78 is 2.23. The Balaban J connectivity index is 1.22. The van der Waals surface area contributed by atoms with E-state index in [1.54, 1.807) is 11.8 Å². The van der Waals surface area contributed by atoms with Gasteiger partial charge in [0.1, 0.15) is 5.52 Å². The third kappa shape index (κ3) is 5.41. The molecule has 2 heterocycles. The van der Waals surface area contributed by atoms with Crippen LogP contribution in [0.3, 0.4) is 0 Å². The molecule has 0 radical (unpaired) electrons. The molecule has 0 atom stereocenters. The number of nitrogens with zero attached hydrogens (tertiary/aromatic N) is 4. The summed E-state index contributed by atoms with van der Waals surface area (Å²) in [4.78, 5) is 17.1. The molecule has 5 rings (SSSR count). The van der Waals surface area contributed by atoms with Crippen molar-refractivity contribution < 1.29 is 4.79 Å². The molecule has 1 saturated carbocycles. The van der Waals surface area contributed by atoms with Gasteiger partial charge in [-0.15, -0.1) is 10.2 Å². The average Bonchev–Trinajstić information content (AvgIpc) is 3.18. The molecule has 1 aliphatic carbocycles. The molecular formula is C27H31N5OS. The summed E-state index contributed by atoms with van der Waals surface area (Å²) in [5.41, 5.74) is 4.06. The van der Waals surface area contributed by atoms with Crippen LogP contribution < -0.4 is 5.32 Å². The summed E-state index contributed by atoms with van der Waals surface area (Å²) in [7, 11) is 0. The number of fused-ring (bicyclic) bond motifs is 3. The van der Waals surface area contributed by atoms with Gasteiger partial charge in [-0.05, 0) is 37.3 Å². The summed E-state index contributed by atoms with van der Waals surface area (Å²) >= 11 is 1.62. The van der Waals surface area contributed by atoms with Crippen LogP contribution in [-0.4, -0.2) is 37.5 Å². The second kappa shape index (κ2) is 11.0. The molecular weight excluding hydrogens is 442 g/mol. The quantitative estimate of drug-likeness (QED) is 0.248. The van der Waals surface area contributed by atoms with Crippen molar-refractivity contribution in [1.82, 2.24) is 25.1 Å². The normalized spacial score (nSPS) is 14.6. The van der Waals surface area contributed by atoms with Gasteiger partial charge < -0.3 is 9.88 Å². The van der Waals surface area contributed by atoms with Gasteiger partial charge in [0.25, 0.3) is 0 Å². The molecule has 6 nitrogen and oxygen atoms in total. The highest BCUT2D eigenvalue weighted by Crippen LogP contribution is 2.28. The molecule has 0 aliphatic heterocycles. The first-order chi connectivity index (χ1) is 16.8. The molecule has 4 aromatic rings. The molecule has 0 unspecified atom stereocenters. The largest absolute Gasteiger partial charge is 0.353 e. The van der Waals surface area contributed by atoms with Crippen molar-refractivity contribution in [3.05, 3.63) is 60.2 Å². The van der Waals surface area contributed by atoms with Crippen molar-refractivity contribution >= 4 is 39.7 Å². The fraction of sp³-hybridized carbons (Fsp3) is 0.407. The van der Waals surface area contributed by atoms with Gasteiger partial charge in [0.15, 0.2) is 5.65 Å². The molecule has 176 valence electrons. The minimum absolute atomic E-state index is 0.196. The molecule has 0 saturated heterocycles. The number of carbonyl (C=O) groups is 1. The van der Waals surface area contributed by atoms with Crippen LogP contribution in [0.5, 0.6) is 0 Å². The maximum atomic E-state index is 12.2. The Morgan fingerprint density at radius 1 is 0.971 bits per heavy atom. The summed E-state index contributed by atoms with van der Waals surface area (Å²) in [6.07, 6.45) is 8.49. The zero-order chi connectivity index (χ0) is 23.2. The van der Waals surface area contributed by atoms with Crippen LogP contribution in [0.25, 0.3) is 22.1 Å². The zero-order valence-electron chi connectivity index (χ0n) is 19.4. The minimum atomic E-state index is 0.196. The van der Waals surface area contributed by atoms with Crippen LogP contribution in [0.1, 0.15) is 56.9 Å². The van der Waals surface area contributed by atoms with Crippen molar-refractivity contribution in [3.63, 3.8) is 0 Å². The Labute approximate surface area is 204 Å². The van der Waals surface area contributed by atoms with E-state index >= 15 is 0 Å². The SMILES string of the molecule is O=C(CCCCSc1nnc2c3ccccc3n(Cc3ccccc3)c2n1)NC1CCCCC1. The predicted molar refractivity (Wildman–Crippen MR) is 138 cm³/mol. The highest BCUT2D eigenvalue weighted by molar-refractivity contribution is 7.99. The third-order valence-corrected chi connectivity index (χ3v) is 7.46. The standard InChI is InChI=1S/C27H31N5OS/c33-24(28-21-13-5-2-6-14-21)17-9-10-18-34-27-29-26-25(30-31-27)22-15-7-8-16-23(22)32(26)19-20-11-3-1-4-12-20/h1,3-4,7-8,11-12,15-16,21H,2,5-6,9-10,13-14,17-19H2,(H,28,33). The summed E-state index contributed by atoms with van der Waals surface area (Å²) in [5.74, 6) is 1.07. The van der Waals surface area contributed by atoms with E-state index in [2.05, 4.69) is 62.5 Å². The zero-order valence-corrected chi connectivity index (χ0v) is 20.3. The number of carbonyl (C=O) groups excluding carboxylic acids is 1. The Morgan fingerprint density at radius 2 is 1.76 bits per heavy atom. The lowest BCUT2D eigenvalue weighted by atomic mass is 9.95. The summed E-state index contributed by atoms with van der Waals surface area (Å²) in [5, 5.41) is 13.9. The minimum Gasteiger partial charge on any atom is -0.353 e. The second-order valence-corrected chi connectivity index (χ2v) is 10.1. The van der Waals surface area contributed by atoms with E-state index in [0.717, 1.165) is 60.0 Å². The van der Waals surface area contributed by atoms with Gasteiger partial charge in [-0.25, -0.2) is 4.98 Å². The van der Waals surface area contributed by atoms with Crippen LogP contribution in [0.2, 0.25) is 0 Å².